The van der Waals surface area contributed by atoms with Gasteiger partial charge in [0.1, 0.15) is 6.10 Å². The van der Waals surface area contributed by atoms with Crippen LogP contribution in [0.25, 0.3) is 11.2 Å². The van der Waals surface area contributed by atoms with Gasteiger partial charge in [-0.25, -0.2) is 9.36 Å². The summed E-state index contributed by atoms with van der Waals surface area (Å²) in [5, 5.41) is 2.30. The fourth-order valence-corrected chi connectivity index (χ4v) is 3.82. The Balaban J connectivity index is 2.22. The van der Waals surface area contributed by atoms with Gasteiger partial charge in [-0.05, 0) is 6.42 Å². The highest BCUT2D eigenvalue weighted by Crippen LogP contribution is 2.40. The molecule has 33 heavy (non-hydrogen) atoms. The van der Waals surface area contributed by atoms with E-state index in [1.54, 1.807) is 6.92 Å². The van der Waals surface area contributed by atoms with E-state index in [-0.39, 0.29) is 30.1 Å². The van der Waals surface area contributed by atoms with Crippen molar-refractivity contribution in [1.82, 2.24) is 19.1 Å². The van der Waals surface area contributed by atoms with Crippen LogP contribution in [-0.2, 0) is 25.6 Å². The summed E-state index contributed by atoms with van der Waals surface area (Å²) in [5.74, 6) is -3.49. The minimum atomic E-state index is -4.59. The molecule has 1 amide bonds. The molecule has 0 bridgehead atoms. The smallest absolute Gasteiger partial charge is 0.394 e. The molecule has 1 aliphatic rings. The van der Waals surface area contributed by atoms with Gasteiger partial charge in [-0.3, -0.25) is 29.3 Å². The summed E-state index contributed by atoms with van der Waals surface area (Å²) in [7, 11) is 0. The average Bonchev–Trinajstić information content (AvgIpc) is 3.18. The van der Waals surface area contributed by atoms with Gasteiger partial charge in [0.25, 0.3) is 5.56 Å². The summed E-state index contributed by atoms with van der Waals surface area (Å²) in [6, 6.07) is 0. The highest BCUT2D eigenvalue weighted by molar-refractivity contribution is 5.87. The van der Waals surface area contributed by atoms with Crippen LogP contribution in [0.1, 0.15) is 46.8 Å². The van der Waals surface area contributed by atoms with Crippen molar-refractivity contribution in [3.8, 4) is 0 Å². The Labute approximate surface area is 184 Å². The number of anilines is 1. The van der Waals surface area contributed by atoms with Gasteiger partial charge in [0, 0.05) is 26.8 Å². The third kappa shape index (κ3) is 4.79. The number of aryl methyl sites for hydroxylation is 1. The maximum absolute atomic E-state index is 13.3. The number of aromatic nitrogens is 4. The molecule has 3 heterocycles. The summed E-state index contributed by atoms with van der Waals surface area (Å²) in [4.78, 5) is 55.5. The van der Waals surface area contributed by atoms with Crippen LogP contribution in [0.5, 0.6) is 0 Å². The SMILES string of the molecule is CCCn1c(=O)n([C@@H]2O[C@H]([C@@H](C)C(F)(F)F)C[C@H]2OC(C)=O)c2nc(NC(C)=O)[nH]c(=O)c21. The van der Waals surface area contributed by atoms with Crippen molar-refractivity contribution in [2.45, 2.75) is 71.7 Å². The number of alkyl halides is 3. The molecule has 0 aromatic carbocycles. The Kier molecular flexibility index (Phi) is 6.68. The minimum Gasteiger partial charge on any atom is -0.458 e. The second-order valence-electron chi connectivity index (χ2n) is 7.85. The molecule has 0 spiro atoms. The number of carbonyl (C=O) groups excluding carboxylic acids is 2. The fourth-order valence-electron chi connectivity index (χ4n) is 3.82. The van der Waals surface area contributed by atoms with E-state index in [9.17, 15) is 32.3 Å². The highest BCUT2D eigenvalue weighted by atomic mass is 19.4. The lowest BCUT2D eigenvalue weighted by atomic mass is 10.0. The number of nitrogens with one attached hydrogen (secondary N) is 2. The Morgan fingerprint density at radius 1 is 1.33 bits per heavy atom. The number of halogens is 3. The monoisotopic (exact) mass is 475 g/mol. The number of fused-ring (bicyclic) bond motifs is 1. The number of hydrogen-bond acceptors (Lipinski definition) is 7. The molecule has 1 fully saturated rings. The van der Waals surface area contributed by atoms with Crippen molar-refractivity contribution in [3.05, 3.63) is 20.8 Å². The van der Waals surface area contributed by atoms with E-state index >= 15 is 0 Å². The van der Waals surface area contributed by atoms with Crippen molar-refractivity contribution in [2.24, 2.45) is 5.92 Å². The van der Waals surface area contributed by atoms with Crippen molar-refractivity contribution in [2.75, 3.05) is 5.32 Å². The number of ether oxygens (including phenoxy) is 2. The van der Waals surface area contributed by atoms with Gasteiger partial charge in [-0.15, -0.1) is 0 Å². The molecule has 1 saturated heterocycles. The van der Waals surface area contributed by atoms with Crippen LogP contribution >= 0.6 is 0 Å². The lowest BCUT2D eigenvalue weighted by Crippen LogP contribution is -2.34. The molecular formula is C19H24F3N5O6. The van der Waals surface area contributed by atoms with Crippen LogP contribution in [-0.4, -0.2) is 49.4 Å². The number of esters is 1. The van der Waals surface area contributed by atoms with Crippen LogP contribution in [0, 0.1) is 5.92 Å². The topological polar surface area (TPSA) is 137 Å². The molecule has 2 aromatic rings. The Hall–Kier alpha value is -3.16. The number of nitrogens with zero attached hydrogens (tertiary/aromatic N) is 3. The maximum Gasteiger partial charge on any atom is 0.394 e. The van der Waals surface area contributed by atoms with Gasteiger partial charge in [0.15, 0.2) is 17.4 Å². The van der Waals surface area contributed by atoms with Gasteiger partial charge in [0.05, 0.1) is 12.0 Å². The number of hydrogen-bond donors (Lipinski definition) is 2. The quantitative estimate of drug-likeness (QED) is 0.607. The lowest BCUT2D eigenvalue weighted by Gasteiger charge is -2.22. The van der Waals surface area contributed by atoms with Crippen LogP contribution < -0.4 is 16.6 Å². The highest BCUT2D eigenvalue weighted by Gasteiger charge is 2.50. The third-order valence-corrected chi connectivity index (χ3v) is 5.30. The molecule has 0 aliphatic carbocycles. The number of H-pyrrole nitrogens is 1. The van der Waals surface area contributed by atoms with Gasteiger partial charge >= 0.3 is 17.8 Å². The Morgan fingerprint density at radius 3 is 2.55 bits per heavy atom. The summed E-state index contributed by atoms with van der Waals surface area (Å²) in [6.45, 7) is 5.06. The van der Waals surface area contributed by atoms with E-state index in [2.05, 4.69) is 15.3 Å². The number of carbonyl (C=O) groups is 2. The van der Waals surface area contributed by atoms with Crippen LogP contribution in [0.15, 0.2) is 9.59 Å². The molecule has 182 valence electrons. The van der Waals surface area contributed by atoms with E-state index in [0.717, 1.165) is 23.0 Å². The number of imidazole rings is 1. The molecule has 0 saturated carbocycles. The normalized spacial score (nSPS) is 21.8. The zero-order chi connectivity index (χ0) is 24.7. The summed E-state index contributed by atoms with van der Waals surface area (Å²) < 4.78 is 52.8. The van der Waals surface area contributed by atoms with Crippen molar-refractivity contribution < 1.29 is 32.2 Å². The third-order valence-electron chi connectivity index (χ3n) is 5.30. The molecule has 0 radical (unpaired) electrons. The average molecular weight is 475 g/mol. The fraction of sp³-hybridized carbons (Fsp3) is 0.632. The zero-order valence-corrected chi connectivity index (χ0v) is 18.4. The molecule has 3 rings (SSSR count). The molecule has 1 aliphatic heterocycles. The predicted octanol–water partition coefficient (Wildman–Crippen LogP) is 1.67. The first-order chi connectivity index (χ1) is 15.3. The molecule has 11 nitrogen and oxygen atoms in total. The van der Waals surface area contributed by atoms with E-state index in [4.69, 9.17) is 9.47 Å². The lowest BCUT2D eigenvalue weighted by molar-refractivity contribution is -0.203. The Morgan fingerprint density at radius 2 is 2.00 bits per heavy atom. The van der Waals surface area contributed by atoms with Crippen LogP contribution in [0.3, 0.4) is 0 Å². The summed E-state index contributed by atoms with van der Waals surface area (Å²) in [5.41, 5.74) is -1.88. The van der Waals surface area contributed by atoms with Crippen molar-refractivity contribution in [1.29, 1.82) is 0 Å². The molecule has 2 N–H and O–H groups in total. The maximum atomic E-state index is 13.3. The zero-order valence-electron chi connectivity index (χ0n) is 18.4. The van der Waals surface area contributed by atoms with E-state index in [0.29, 0.717) is 6.42 Å². The summed E-state index contributed by atoms with van der Waals surface area (Å²) >= 11 is 0. The van der Waals surface area contributed by atoms with E-state index < -0.39 is 53.7 Å². The first kappa shape index (κ1) is 24.5. The standard InChI is InChI=1S/C19H24F3N5O6/c1-5-6-26-13-14(24-17(23-9(3)28)25-15(13)30)27(18(26)31)16-12(32-10(4)29)7-11(33-16)8(2)19(20,21)22/h8,11-12,16H,5-7H2,1-4H3,(H2,23,24,25,28,30)/t8-,11+,12-,16-/m1/s1. The first-order valence-electron chi connectivity index (χ1n) is 10.3. The summed E-state index contributed by atoms with van der Waals surface area (Å²) in [6.07, 6.45) is -8.56. The molecular weight excluding hydrogens is 451 g/mol. The van der Waals surface area contributed by atoms with Gasteiger partial charge in [-0.1, -0.05) is 13.8 Å². The molecule has 0 unspecified atom stereocenters. The van der Waals surface area contributed by atoms with Gasteiger partial charge in [-0.2, -0.15) is 18.2 Å². The first-order valence-corrected chi connectivity index (χ1v) is 10.3. The minimum absolute atomic E-state index is 0.111. The van der Waals surface area contributed by atoms with Crippen LogP contribution in [0.2, 0.25) is 0 Å². The molecule has 14 heteroatoms. The second-order valence-corrected chi connectivity index (χ2v) is 7.85. The Bertz CT molecular complexity index is 1180. The largest absolute Gasteiger partial charge is 0.458 e. The number of aromatic amines is 1. The van der Waals surface area contributed by atoms with Crippen molar-refractivity contribution in [3.63, 3.8) is 0 Å². The van der Waals surface area contributed by atoms with E-state index in [1.165, 1.54) is 6.92 Å². The van der Waals surface area contributed by atoms with E-state index in [1.807, 2.05) is 0 Å². The molecule has 4 atom stereocenters. The number of rotatable bonds is 6. The molecule has 2 aromatic heterocycles. The van der Waals surface area contributed by atoms with Crippen molar-refractivity contribution >= 4 is 29.0 Å². The predicted molar refractivity (Wildman–Crippen MR) is 109 cm³/mol. The van der Waals surface area contributed by atoms with Gasteiger partial charge < -0.3 is 9.47 Å². The number of amides is 1. The second kappa shape index (κ2) is 9.00. The van der Waals surface area contributed by atoms with Gasteiger partial charge in [0.2, 0.25) is 11.9 Å². The van der Waals surface area contributed by atoms with Crippen LogP contribution in [0.4, 0.5) is 19.1 Å².